The molecule has 1 nitrogen and oxygen atoms in total. The van der Waals surface area contributed by atoms with Crippen molar-refractivity contribution in [1.82, 2.24) is 5.32 Å². The average molecular weight is 298 g/mol. The maximum absolute atomic E-state index is 13.6. The molecule has 0 fully saturated rings. The summed E-state index contributed by atoms with van der Waals surface area (Å²) in [6.07, 6.45) is 0. The van der Waals surface area contributed by atoms with E-state index in [4.69, 9.17) is 23.2 Å². The van der Waals surface area contributed by atoms with Crippen molar-refractivity contribution < 1.29 is 4.39 Å². The molecule has 1 atom stereocenters. The highest BCUT2D eigenvalue weighted by Gasteiger charge is 2.11. The van der Waals surface area contributed by atoms with Crippen LogP contribution in [0.15, 0.2) is 42.5 Å². The molecule has 0 aliphatic carbocycles. The Balaban J connectivity index is 2.09. The second-order valence-electron chi connectivity index (χ2n) is 4.32. The fourth-order valence-corrected chi connectivity index (χ4v) is 2.42. The molecule has 1 N–H and O–H groups in total. The zero-order chi connectivity index (χ0) is 13.8. The first kappa shape index (κ1) is 14.3. The van der Waals surface area contributed by atoms with E-state index in [0.29, 0.717) is 22.2 Å². The highest BCUT2D eigenvalue weighted by Crippen LogP contribution is 2.25. The molecule has 2 aromatic carbocycles. The Bertz CT molecular complexity index is 552. The van der Waals surface area contributed by atoms with Crippen LogP contribution in [0.4, 0.5) is 4.39 Å². The number of rotatable bonds is 4. The van der Waals surface area contributed by atoms with Gasteiger partial charge in [0, 0.05) is 33.8 Å². The molecule has 0 bridgehead atoms. The van der Waals surface area contributed by atoms with Crippen molar-refractivity contribution in [3.8, 4) is 0 Å². The van der Waals surface area contributed by atoms with Gasteiger partial charge in [0.1, 0.15) is 5.82 Å². The van der Waals surface area contributed by atoms with Gasteiger partial charge in [0.15, 0.2) is 0 Å². The number of benzene rings is 2. The molecule has 2 aromatic rings. The first-order chi connectivity index (χ1) is 9.09. The van der Waals surface area contributed by atoms with Crippen molar-refractivity contribution in [1.29, 1.82) is 0 Å². The molecule has 19 heavy (non-hydrogen) atoms. The molecule has 0 spiro atoms. The predicted molar refractivity (Wildman–Crippen MR) is 78.1 cm³/mol. The van der Waals surface area contributed by atoms with Crippen LogP contribution in [0.5, 0.6) is 0 Å². The predicted octanol–water partition coefficient (Wildman–Crippen LogP) is 4.98. The van der Waals surface area contributed by atoms with E-state index in [1.807, 2.05) is 13.0 Å². The Morgan fingerprint density at radius 3 is 2.32 bits per heavy atom. The third-order valence-electron chi connectivity index (χ3n) is 3.02. The van der Waals surface area contributed by atoms with E-state index in [0.717, 1.165) is 5.56 Å². The number of hydrogen-bond donors (Lipinski definition) is 1. The Morgan fingerprint density at radius 2 is 1.68 bits per heavy atom. The van der Waals surface area contributed by atoms with Crippen molar-refractivity contribution in [3.63, 3.8) is 0 Å². The van der Waals surface area contributed by atoms with Gasteiger partial charge in [-0.3, -0.25) is 0 Å². The van der Waals surface area contributed by atoms with Gasteiger partial charge in [-0.05, 0) is 25.1 Å². The quantitative estimate of drug-likeness (QED) is 0.839. The molecular formula is C15H14Cl2FN. The first-order valence-corrected chi connectivity index (χ1v) is 6.76. The van der Waals surface area contributed by atoms with Gasteiger partial charge in [-0.1, -0.05) is 47.5 Å². The summed E-state index contributed by atoms with van der Waals surface area (Å²) in [6.45, 7) is 2.40. The molecule has 0 aliphatic rings. The molecule has 0 amide bonds. The maximum Gasteiger partial charge on any atom is 0.127 e. The van der Waals surface area contributed by atoms with Gasteiger partial charge in [0.05, 0.1) is 0 Å². The van der Waals surface area contributed by atoms with Gasteiger partial charge in [-0.2, -0.15) is 0 Å². The van der Waals surface area contributed by atoms with Gasteiger partial charge in [0.2, 0.25) is 0 Å². The zero-order valence-corrected chi connectivity index (χ0v) is 12.0. The minimum Gasteiger partial charge on any atom is -0.306 e. The second kappa shape index (κ2) is 6.38. The second-order valence-corrected chi connectivity index (χ2v) is 5.14. The standard InChI is InChI=1S/C15H14Cl2FN/c1-10(11-5-2-3-8-15(11)18)19-9-12-13(16)6-4-7-14(12)17/h2-8,10,19H,9H2,1H3. The van der Waals surface area contributed by atoms with Crippen molar-refractivity contribution in [3.05, 3.63) is 69.5 Å². The summed E-state index contributed by atoms with van der Waals surface area (Å²) < 4.78 is 13.6. The van der Waals surface area contributed by atoms with Crippen molar-refractivity contribution in [2.24, 2.45) is 0 Å². The van der Waals surface area contributed by atoms with Gasteiger partial charge < -0.3 is 5.32 Å². The summed E-state index contributed by atoms with van der Waals surface area (Å²) in [7, 11) is 0. The summed E-state index contributed by atoms with van der Waals surface area (Å²) in [6, 6.07) is 12.0. The van der Waals surface area contributed by atoms with E-state index in [1.165, 1.54) is 6.07 Å². The summed E-state index contributed by atoms with van der Waals surface area (Å²) in [5.41, 5.74) is 1.46. The monoisotopic (exact) mass is 297 g/mol. The molecule has 100 valence electrons. The molecule has 0 aromatic heterocycles. The smallest absolute Gasteiger partial charge is 0.127 e. The third kappa shape index (κ3) is 3.47. The molecule has 2 rings (SSSR count). The van der Waals surface area contributed by atoms with E-state index in [1.54, 1.807) is 30.3 Å². The third-order valence-corrected chi connectivity index (χ3v) is 3.73. The molecule has 0 saturated carbocycles. The van der Waals surface area contributed by atoms with Gasteiger partial charge >= 0.3 is 0 Å². The SMILES string of the molecule is CC(NCc1c(Cl)cccc1Cl)c1ccccc1F. The van der Waals surface area contributed by atoms with Crippen molar-refractivity contribution >= 4 is 23.2 Å². The maximum atomic E-state index is 13.6. The molecule has 0 radical (unpaired) electrons. The van der Waals surface area contributed by atoms with E-state index >= 15 is 0 Å². The molecule has 4 heteroatoms. The Kier molecular flexibility index (Phi) is 4.81. The van der Waals surface area contributed by atoms with Crippen LogP contribution < -0.4 is 5.32 Å². The van der Waals surface area contributed by atoms with E-state index in [2.05, 4.69) is 5.32 Å². The lowest BCUT2D eigenvalue weighted by atomic mass is 10.1. The molecule has 0 saturated heterocycles. The van der Waals surface area contributed by atoms with Crippen LogP contribution >= 0.6 is 23.2 Å². The van der Waals surface area contributed by atoms with Crippen LogP contribution in [0.2, 0.25) is 10.0 Å². The Hall–Kier alpha value is -1.09. The van der Waals surface area contributed by atoms with Crippen LogP contribution in [-0.2, 0) is 6.54 Å². The summed E-state index contributed by atoms with van der Waals surface area (Å²) in [5.74, 6) is -0.215. The minimum absolute atomic E-state index is 0.117. The molecular weight excluding hydrogens is 284 g/mol. The largest absolute Gasteiger partial charge is 0.306 e. The molecule has 1 unspecified atom stereocenters. The number of hydrogen-bond acceptors (Lipinski definition) is 1. The van der Waals surface area contributed by atoms with E-state index < -0.39 is 0 Å². The van der Waals surface area contributed by atoms with Crippen LogP contribution in [0.1, 0.15) is 24.1 Å². The minimum atomic E-state index is -0.215. The highest BCUT2D eigenvalue weighted by atomic mass is 35.5. The lowest BCUT2D eigenvalue weighted by Crippen LogP contribution is -2.19. The van der Waals surface area contributed by atoms with E-state index in [-0.39, 0.29) is 11.9 Å². The van der Waals surface area contributed by atoms with Crippen molar-refractivity contribution in [2.45, 2.75) is 19.5 Å². The fraction of sp³-hybridized carbons (Fsp3) is 0.200. The van der Waals surface area contributed by atoms with Crippen molar-refractivity contribution in [2.75, 3.05) is 0 Å². The van der Waals surface area contributed by atoms with Gasteiger partial charge in [-0.25, -0.2) is 4.39 Å². The normalized spacial score (nSPS) is 12.4. The van der Waals surface area contributed by atoms with Crippen LogP contribution in [0.3, 0.4) is 0 Å². The van der Waals surface area contributed by atoms with Crippen LogP contribution in [-0.4, -0.2) is 0 Å². The summed E-state index contributed by atoms with van der Waals surface area (Å²) >= 11 is 12.2. The Labute approximate surface area is 122 Å². The van der Waals surface area contributed by atoms with Crippen LogP contribution in [0, 0.1) is 5.82 Å². The average Bonchev–Trinajstić information content (AvgIpc) is 2.38. The highest BCUT2D eigenvalue weighted by molar-refractivity contribution is 6.35. The summed E-state index contributed by atoms with van der Waals surface area (Å²) in [5, 5.41) is 4.45. The van der Waals surface area contributed by atoms with E-state index in [9.17, 15) is 4.39 Å². The van der Waals surface area contributed by atoms with Gasteiger partial charge in [-0.15, -0.1) is 0 Å². The lowest BCUT2D eigenvalue weighted by Gasteiger charge is -2.16. The topological polar surface area (TPSA) is 12.0 Å². The molecule has 0 heterocycles. The zero-order valence-electron chi connectivity index (χ0n) is 10.5. The summed E-state index contributed by atoms with van der Waals surface area (Å²) in [4.78, 5) is 0. The lowest BCUT2D eigenvalue weighted by molar-refractivity contribution is 0.528. The number of halogens is 3. The van der Waals surface area contributed by atoms with Crippen LogP contribution in [0.25, 0.3) is 0 Å². The molecule has 0 aliphatic heterocycles. The first-order valence-electron chi connectivity index (χ1n) is 6.00. The fourth-order valence-electron chi connectivity index (χ4n) is 1.89. The van der Waals surface area contributed by atoms with Gasteiger partial charge in [0.25, 0.3) is 0 Å². The number of nitrogens with one attached hydrogen (secondary N) is 1. The Morgan fingerprint density at radius 1 is 1.05 bits per heavy atom.